The lowest BCUT2D eigenvalue weighted by Gasteiger charge is -2.13. The highest BCUT2D eigenvalue weighted by Crippen LogP contribution is 2.11. The molecule has 2 rings (SSSR count). The number of carbonyl (C=O) groups excluding carboxylic acids is 3. The number of imide groups is 1. The van der Waals surface area contributed by atoms with Crippen LogP contribution < -0.4 is 10.6 Å². The zero-order chi connectivity index (χ0) is 13.8. The third kappa shape index (κ3) is 3.09. The van der Waals surface area contributed by atoms with Gasteiger partial charge in [0, 0.05) is 24.3 Å². The Morgan fingerprint density at radius 2 is 2.21 bits per heavy atom. The fraction of sp³-hybridized carbons (Fsp3) is 0.308. The van der Waals surface area contributed by atoms with Crippen LogP contribution in [-0.2, 0) is 4.79 Å². The lowest BCUT2D eigenvalue weighted by molar-refractivity contribution is -0.125. The van der Waals surface area contributed by atoms with E-state index in [2.05, 4.69) is 10.6 Å². The number of ketones is 1. The van der Waals surface area contributed by atoms with Crippen molar-refractivity contribution in [3.63, 3.8) is 0 Å². The van der Waals surface area contributed by atoms with Gasteiger partial charge in [-0.25, -0.2) is 4.79 Å². The number of benzene rings is 1. The Hall–Kier alpha value is -2.37. The Balaban J connectivity index is 1.95. The topological polar surface area (TPSA) is 78.5 Å². The van der Waals surface area contributed by atoms with Gasteiger partial charge in [0.15, 0.2) is 5.78 Å². The van der Waals surface area contributed by atoms with Crippen LogP contribution in [0.25, 0.3) is 0 Å². The van der Waals surface area contributed by atoms with Gasteiger partial charge in [0.25, 0.3) is 0 Å². The van der Waals surface area contributed by atoms with Crippen molar-refractivity contribution >= 4 is 23.4 Å². The minimum absolute atomic E-state index is 0.0226. The van der Waals surface area contributed by atoms with Crippen molar-refractivity contribution in [3.05, 3.63) is 29.8 Å². The first-order valence-electron chi connectivity index (χ1n) is 6.01. The maximum absolute atomic E-state index is 11.8. The van der Waals surface area contributed by atoms with Gasteiger partial charge in [-0.05, 0) is 19.1 Å². The first-order chi connectivity index (χ1) is 9.08. The molecule has 1 heterocycles. The largest absolute Gasteiger partial charge is 0.376 e. The van der Waals surface area contributed by atoms with Crippen LogP contribution in [0, 0.1) is 0 Å². The predicted octanol–water partition coefficient (Wildman–Crippen LogP) is 0.853. The monoisotopic (exact) mass is 261 g/mol. The molecule has 19 heavy (non-hydrogen) atoms. The number of hydrogen-bond donors (Lipinski definition) is 2. The molecule has 1 aliphatic rings. The van der Waals surface area contributed by atoms with Crippen molar-refractivity contribution in [3.8, 4) is 0 Å². The van der Waals surface area contributed by atoms with Crippen LogP contribution in [0.5, 0.6) is 0 Å². The van der Waals surface area contributed by atoms with E-state index < -0.39 is 0 Å². The maximum Gasteiger partial charge on any atom is 0.324 e. The molecule has 0 spiro atoms. The highest BCUT2D eigenvalue weighted by Gasteiger charge is 2.25. The van der Waals surface area contributed by atoms with Crippen molar-refractivity contribution in [2.24, 2.45) is 0 Å². The van der Waals surface area contributed by atoms with Gasteiger partial charge >= 0.3 is 6.03 Å². The van der Waals surface area contributed by atoms with Crippen molar-refractivity contribution < 1.29 is 14.4 Å². The smallest absolute Gasteiger partial charge is 0.324 e. The molecule has 0 unspecified atom stereocenters. The van der Waals surface area contributed by atoms with E-state index in [0.29, 0.717) is 24.3 Å². The molecule has 0 aliphatic carbocycles. The average Bonchev–Trinajstić information content (AvgIpc) is 2.82. The average molecular weight is 261 g/mol. The van der Waals surface area contributed by atoms with Gasteiger partial charge in [-0.15, -0.1) is 0 Å². The molecule has 2 N–H and O–H groups in total. The van der Waals surface area contributed by atoms with Crippen LogP contribution in [0.2, 0.25) is 0 Å². The number of nitrogens with one attached hydrogen (secondary N) is 2. The molecular weight excluding hydrogens is 246 g/mol. The molecule has 0 saturated carbocycles. The first kappa shape index (κ1) is 13.1. The van der Waals surface area contributed by atoms with Crippen molar-refractivity contribution in [2.45, 2.75) is 6.92 Å². The van der Waals surface area contributed by atoms with E-state index in [1.165, 1.54) is 11.8 Å². The van der Waals surface area contributed by atoms with Crippen molar-refractivity contribution in [1.29, 1.82) is 0 Å². The normalized spacial score (nSPS) is 14.2. The van der Waals surface area contributed by atoms with Gasteiger partial charge in [0.05, 0.1) is 6.54 Å². The van der Waals surface area contributed by atoms with Crippen molar-refractivity contribution in [1.82, 2.24) is 10.2 Å². The summed E-state index contributed by atoms with van der Waals surface area (Å²) >= 11 is 0. The molecule has 100 valence electrons. The predicted molar refractivity (Wildman–Crippen MR) is 70.0 cm³/mol. The SMILES string of the molecule is CC(=O)c1cccc(NCC(=O)N2CCNC2=O)c1. The fourth-order valence-corrected chi connectivity index (χ4v) is 1.83. The highest BCUT2D eigenvalue weighted by atomic mass is 16.2. The van der Waals surface area contributed by atoms with E-state index in [1.807, 2.05) is 0 Å². The summed E-state index contributed by atoms with van der Waals surface area (Å²) in [5.74, 6) is -0.322. The summed E-state index contributed by atoms with van der Waals surface area (Å²) < 4.78 is 0. The molecule has 0 radical (unpaired) electrons. The Morgan fingerprint density at radius 3 is 2.84 bits per heavy atom. The van der Waals surface area contributed by atoms with Crippen LogP contribution in [0.15, 0.2) is 24.3 Å². The number of amides is 3. The summed E-state index contributed by atoms with van der Waals surface area (Å²) in [6, 6.07) is 6.54. The highest BCUT2D eigenvalue weighted by molar-refractivity contribution is 5.98. The third-order valence-electron chi connectivity index (χ3n) is 2.87. The number of rotatable bonds is 4. The Bertz CT molecular complexity index is 528. The van der Waals surface area contributed by atoms with Gasteiger partial charge in [-0.1, -0.05) is 12.1 Å². The second kappa shape index (κ2) is 5.51. The van der Waals surface area contributed by atoms with Crippen LogP contribution in [0.1, 0.15) is 17.3 Å². The molecule has 0 atom stereocenters. The van der Waals surface area contributed by atoms with E-state index in [4.69, 9.17) is 0 Å². The summed E-state index contributed by atoms with van der Waals surface area (Å²) in [7, 11) is 0. The van der Waals surface area contributed by atoms with E-state index in [0.717, 1.165) is 0 Å². The van der Waals surface area contributed by atoms with Gasteiger partial charge in [-0.2, -0.15) is 0 Å². The molecule has 1 aromatic rings. The molecule has 3 amide bonds. The fourth-order valence-electron chi connectivity index (χ4n) is 1.83. The van der Waals surface area contributed by atoms with E-state index >= 15 is 0 Å². The van der Waals surface area contributed by atoms with Gasteiger partial charge in [0.1, 0.15) is 0 Å². The first-order valence-corrected chi connectivity index (χ1v) is 6.01. The Kier molecular flexibility index (Phi) is 3.79. The van der Waals surface area contributed by atoms with E-state index in [1.54, 1.807) is 24.3 Å². The maximum atomic E-state index is 11.8. The Labute approximate surface area is 110 Å². The molecule has 1 saturated heterocycles. The number of Topliss-reactive ketones (excluding diaryl/α,β-unsaturated/α-hetero) is 1. The molecular formula is C13H15N3O3. The zero-order valence-corrected chi connectivity index (χ0v) is 10.6. The third-order valence-corrected chi connectivity index (χ3v) is 2.87. The summed E-state index contributed by atoms with van der Waals surface area (Å²) in [6.07, 6.45) is 0. The van der Waals surface area contributed by atoms with E-state index in [9.17, 15) is 14.4 Å². The van der Waals surface area contributed by atoms with Gasteiger partial charge < -0.3 is 10.6 Å². The van der Waals surface area contributed by atoms with Crippen LogP contribution in [-0.4, -0.2) is 42.3 Å². The zero-order valence-electron chi connectivity index (χ0n) is 10.6. The van der Waals surface area contributed by atoms with Gasteiger partial charge in [-0.3, -0.25) is 14.5 Å². The standard InChI is InChI=1S/C13H15N3O3/c1-9(17)10-3-2-4-11(7-10)15-8-12(18)16-6-5-14-13(16)19/h2-4,7,15H,5-6,8H2,1H3,(H,14,19). The van der Waals surface area contributed by atoms with Gasteiger partial charge in [0.2, 0.25) is 5.91 Å². The lowest BCUT2D eigenvalue weighted by Crippen LogP contribution is -2.38. The number of carbonyl (C=O) groups is 3. The second-order valence-corrected chi connectivity index (χ2v) is 4.27. The molecule has 0 aromatic heterocycles. The summed E-state index contributed by atoms with van der Waals surface area (Å²) in [6.45, 7) is 2.39. The molecule has 1 fully saturated rings. The minimum Gasteiger partial charge on any atom is -0.376 e. The Morgan fingerprint density at radius 1 is 1.42 bits per heavy atom. The summed E-state index contributed by atoms with van der Waals surface area (Å²) in [5, 5.41) is 5.48. The molecule has 6 heteroatoms. The summed E-state index contributed by atoms with van der Waals surface area (Å²) in [4.78, 5) is 35.5. The van der Waals surface area contributed by atoms with Crippen LogP contribution >= 0.6 is 0 Å². The number of hydrogen-bond acceptors (Lipinski definition) is 4. The van der Waals surface area contributed by atoms with Crippen LogP contribution in [0.3, 0.4) is 0 Å². The second-order valence-electron chi connectivity index (χ2n) is 4.27. The number of urea groups is 1. The van der Waals surface area contributed by atoms with Crippen molar-refractivity contribution in [2.75, 3.05) is 25.0 Å². The molecule has 0 bridgehead atoms. The molecule has 1 aromatic carbocycles. The lowest BCUT2D eigenvalue weighted by atomic mass is 10.1. The number of anilines is 1. The quantitative estimate of drug-likeness (QED) is 0.788. The van der Waals surface area contributed by atoms with Crippen LogP contribution in [0.4, 0.5) is 10.5 Å². The molecule has 1 aliphatic heterocycles. The number of nitrogens with zero attached hydrogens (tertiary/aromatic N) is 1. The molecule has 6 nitrogen and oxygen atoms in total. The summed E-state index contributed by atoms with van der Waals surface area (Å²) in [5.41, 5.74) is 1.26. The van der Waals surface area contributed by atoms with E-state index in [-0.39, 0.29) is 24.3 Å². The minimum atomic E-state index is -0.357.